The van der Waals surface area contributed by atoms with Gasteiger partial charge in [0, 0.05) is 16.5 Å². The van der Waals surface area contributed by atoms with Gasteiger partial charge in [-0.2, -0.15) is 4.98 Å². The number of nitrogens with zero attached hydrogens (tertiary/aromatic N) is 2. The number of hydrogen-bond donors (Lipinski definition) is 1. The third-order valence-electron chi connectivity index (χ3n) is 3.59. The summed E-state index contributed by atoms with van der Waals surface area (Å²) in [4.78, 5) is 4.39. The SMILES string of the molecule is Cc1ccc(-c2nc(-c3ccc4occc4c3)no2)cc1O. The Balaban J connectivity index is 1.75. The van der Waals surface area contributed by atoms with E-state index in [0.29, 0.717) is 17.3 Å². The van der Waals surface area contributed by atoms with Crippen molar-refractivity contribution in [3.8, 4) is 28.6 Å². The maximum Gasteiger partial charge on any atom is 0.258 e. The molecule has 0 aliphatic rings. The van der Waals surface area contributed by atoms with Gasteiger partial charge in [0.15, 0.2) is 0 Å². The predicted molar refractivity (Wildman–Crippen MR) is 81.3 cm³/mol. The number of phenolic OH excluding ortho intramolecular Hbond substituents is 1. The van der Waals surface area contributed by atoms with Gasteiger partial charge in [-0.25, -0.2) is 0 Å². The molecule has 4 aromatic rings. The van der Waals surface area contributed by atoms with E-state index in [4.69, 9.17) is 8.94 Å². The number of rotatable bonds is 2. The number of aryl methyl sites for hydroxylation is 1. The molecule has 5 nitrogen and oxygen atoms in total. The lowest BCUT2D eigenvalue weighted by Gasteiger charge is -1.99. The number of aromatic nitrogens is 2. The van der Waals surface area contributed by atoms with Crippen LogP contribution in [0.3, 0.4) is 0 Å². The predicted octanol–water partition coefficient (Wildman–Crippen LogP) is 4.16. The number of aromatic hydroxyl groups is 1. The molecule has 0 atom stereocenters. The molecule has 2 aromatic carbocycles. The Morgan fingerprint density at radius 2 is 1.86 bits per heavy atom. The van der Waals surface area contributed by atoms with Gasteiger partial charge in [-0.1, -0.05) is 11.2 Å². The van der Waals surface area contributed by atoms with Gasteiger partial charge in [-0.3, -0.25) is 0 Å². The van der Waals surface area contributed by atoms with Crippen LogP contribution in [0.15, 0.2) is 57.7 Å². The van der Waals surface area contributed by atoms with Gasteiger partial charge in [0.05, 0.1) is 6.26 Å². The molecule has 22 heavy (non-hydrogen) atoms. The minimum Gasteiger partial charge on any atom is -0.508 e. The van der Waals surface area contributed by atoms with E-state index in [1.165, 1.54) is 0 Å². The molecule has 5 heteroatoms. The van der Waals surface area contributed by atoms with Crippen LogP contribution in [-0.4, -0.2) is 15.2 Å². The highest BCUT2D eigenvalue weighted by Gasteiger charge is 2.12. The van der Waals surface area contributed by atoms with Gasteiger partial charge in [-0.05, 0) is 48.9 Å². The molecule has 2 heterocycles. The number of benzene rings is 2. The highest BCUT2D eigenvalue weighted by Crippen LogP contribution is 2.28. The minimum absolute atomic E-state index is 0.206. The molecule has 0 fully saturated rings. The Morgan fingerprint density at radius 3 is 2.73 bits per heavy atom. The molecule has 0 radical (unpaired) electrons. The molecule has 4 rings (SSSR count). The van der Waals surface area contributed by atoms with E-state index in [0.717, 1.165) is 22.1 Å². The molecule has 0 saturated heterocycles. The number of furan rings is 1. The van der Waals surface area contributed by atoms with Crippen molar-refractivity contribution in [2.75, 3.05) is 0 Å². The van der Waals surface area contributed by atoms with Crippen LogP contribution in [0.2, 0.25) is 0 Å². The first-order chi connectivity index (χ1) is 10.7. The molecular formula is C17H12N2O3. The van der Waals surface area contributed by atoms with Crippen LogP contribution in [0.25, 0.3) is 33.8 Å². The van der Waals surface area contributed by atoms with Crippen LogP contribution in [0.5, 0.6) is 5.75 Å². The van der Waals surface area contributed by atoms with Gasteiger partial charge in [-0.15, -0.1) is 0 Å². The van der Waals surface area contributed by atoms with Crippen molar-refractivity contribution in [3.05, 3.63) is 54.3 Å². The molecule has 1 N–H and O–H groups in total. The summed E-state index contributed by atoms with van der Waals surface area (Å²) in [7, 11) is 0. The molecule has 108 valence electrons. The Kier molecular flexibility index (Phi) is 2.72. The fourth-order valence-corrected chi connectivity index (χ4v) is 2.31. The van der Waals surface area contributed by atoms with E-state index in [1.807, 2.05) is 43.3 Å². The van der Waals surface area contributed by atoms with E-state index >= 15 is 0 Å². The molecule has 0 amide bonds. The molecule has 0 unspecified atom stereocenters. The summed E-state index contributed by atoms with van der Waals surface area (Å²) in [5, 5.41) is 14.8. The molecule has 0 aliphatic heterocycles. The minimum atomic E-state index is 0.206. The highest BCUT2D eigenvalue weighted by atomic mass is 16.5. The lowest BCUT2D eigenvalue weighted by molar-refractivity contribution is 0.431. The Hall–Kier alpha value is -3.08. The topological polar surface area (TPSA) is 72.3 Å². The first-order valence-corrected chi connectivity index (χ1v) is 6.82. The van der Waals surface area contributed by atoms with Crippen molar-refractivity contribution in [1.82, 2.24) is 10.1 Å². The molecule has 0 spiro atoms. The van der Waals surface area contributed by atoms with Gasteiger partial charge in [0.2, 0.25) is 5.82 Å². The highest BCUT2D eigenvalue weighted by molar-refractivity contribution is 5.82. The van der Waals surface area contributed by atoms with E-state index in [1.54, 1.807) is 12.3 Å². The monoisotopic (exact) mass is 292 g/mol. The van der Waals surface area contributed by atoms with E-state index in [2.05, 4.69) is 10.1 Å². The second kappa shape index (κ2) is 4.73. The summed E-state index contributed by atoms with van der Waals surface area (Å²) in [6.07, 6.45) is 1.64. The van der Waals surface area contributed by atoms with E-state index < -0.39 is 0 Å². The zero-order valence-electron chi connectivity index (χ0n) is 11.8. The molecule has 0 bridgehead atoms. The quantitative estimate of drug-likeness (QED) is 0.600. The maximum absolute atomic E-state index is 9.78. The van der Waals surface area contributed by atoms with Crippen molar-refractivity contribution in [2.24, 2.45) is 0 Å². The lowest BCUT2D eigenvalue weighted by atomic mass is 10.1. The maximum atomic E-state index is 9.78. The Bertz CT molecular complexity index is 969. The first-order valence-electron chi connectivity index (χ1n) is 6.82. The van der Waals surface area contributed by atoms with Crippen molar-refractivity contribution < 1.29 is 14.0 Å². The number of hydrogen-bond acceptors (Lipinski definition) is 5. The fourth-order valence-electron chi connectivity index (χ4n) is 2.31. The molecular weight excluding hydrogens is 280 g/mol. The van der Waals surface area contributed by atoms with E-state index in [-0.39, 0.29) is 5.75 Å². The molecule has 0 aliphatic carbocycles. The van der Waals surface area contributed by atoms with Gasteiger partial charge in [0.25, 0.3) is 5.89 Å². The van der Waals surface area contributed by atoms with Gasteiger partial charge < -0.3 is 14.0 Å². The van der Waals surface area contributed by atoms with E-state index in [9.17, 15) is 5.11 Å². The van der Waals surface area contributed by atoms with Crippen LogP contribution in [0, 0.1) is 6.92 Å². The average molecular weight is 292 g/mol. The van der Waals surface area contributed by atoms with Crippen molar-refractivity contribution in [1.29, 1.82) is 0 Å². The standard InChI is InChI=1S/C17H12N2O3/c1-10-2-3-13(9-14(10)20)17-18-16(19-22-17)12-4-5-15-11(8-12)6-7-21-15/h2-9,20H,1H3. The Morgan fingerprint density at radius 1 is 1.00 bits per heavy atom. The van der Waals surface area contributed by atoms with Crippen molar-refractivity contribution in [3.63, 3.8) is 0 Å². The zero-order chi connectivity index (χ0) is 15.1. The Labute approximate surface area is 125 Å². The summed E-state index contributed by atoms with van der Waals surface area (Å²) >= 11 is 0. The fraction of sp³-hybridized carbons (Fsp3) is 0.0588. The molecule has 0 saturated carbocycles. The largest absolute Gasteiger partial charge is 0.508 e. The lowest BCUT2D eigenvalue weighted by Crippen LogP contribution is -1.82. The number of phenols is 1. The second-order valence-corrected chi connectivity index (χ2v) is 5.10. The third kappa shape index (κ3) is 2.03. The summed E-state index contributed by atoms with van der Waals surface area (Å²) < 4.78 is 10.6. The first kappa shape index (κ1) is 12.6. The summed E-state index contributed by atoms with van der Waals surface area (Å²) in [5.41, 5.74) is 3.15. The van der Waals surface area contributed by atoms with Crippen LogP contribution in [0.4, 0.5) is 0 Å². The van der Waals surface area contributed by atoms with Crippen LogP contribution in [0.1, 0.15) is 5.56 Å². The third-order valence-corrected chi connectivity index (χ3v) is 3.59. The van der Waals surface area contributed by atoms with Crippen molar-refractivity contribution in [2.45, 2.75) is 6.92 Å². The average Bonchev–Trinajstić information content (AvgIpc) is 3.17. The van der Waals surface area contributed by atoms with Crippen LogP contribution in [-0.2, 0) is 0 Å². The normalized spacial score (nSPS) is 11.1. The number of fused-ring (bicyclic) bond motifs is 1. The van der Waals surface area contributed by atoms with Crippen molar-refractivity contribution >= 4 is 11.0 Å². The second-order valence-electron chi connectivity index (χ2n) is 5.10. The molecule has 2 aromatic heterocycles. The van der Waals surface area contributed by atoms with Crippen LogP contribution >= 0.6 is 0 Å². The summed E-state index contributed by atoms with van der Waals surface area (Å²) in [5.74, 6) is 1.08. The zero-order valence-corrected chi connectivity index (χ0v) is 11.8. The summed E-state index contributed by atoms with van der Waals surface area (Å²) in [6.45, 7) is 1.83. The van der Waals surface area contributed by atoms with Gasteiger partial charge in [0.1, 0.15) is 11.3 Å². The smallest absolute Gasteiger partial charge is 0.258 e. The van der Waals surface area contributed by atoms with Gasteiger partial charge >= 0.3 is 0 Å². The summed E-state index contributed by atoms with van der Waals surface area (Å²) in [6, 6.07) is 12.9. The van der Waals surface area contributed by atoms with Crippen LogP contribution < -0.4 is 0 Å².